The van der Waals surface area contributed by atoms with E-state index in [1.54, 1.807) is 54.6 Å². The van der Waals surface area contributed by atoms with Gasteiger partial charge in [-0.25, -0.2) is 4.79 Å². The SMILES string of the molecule is CSCCC(NC(=O)C(=Cc1ccc(Br)cc1)NC(=O)c1ccccc1)C(=O)O. The predicted octanol–water partition coefficient (Wildman–Crippen LogP) is 3.54. The van der Waals surface area contributed by atoms with Crippen LogP contribution in [0.5, 0.6) is 0 Å². The zero-order chi connectivity index (χ0) is 21.2. The van der Waals surface area contributed by atoms with Crippen LogP contribution in [0.4, 0.5) is 0 Å². The highest BCUT2D eigenvalue weighted by atomic mass is 79.9. The van der Waals surface area contributed by atoms with E-state index in [0.29, 0.717) is 16.9 Å². The van der Waals surface area contributed by atoms with Crippen LogP contribution in [0.3, 0.4) is 0 Å². The molecule has 152 valence electrons. The number of nitrogens with one attached hydrogen (secondary N) is 2. The molecule has 0 saturated carbocycles. The minimum atomic E-state index is -1.12. The largest absolute Gasteiger partial charge is 0.480 e. The van der Waals surface area contributed by atoms with Crippen LogP contribution < -0.4 is 10.6 Å². The van der Waals surface area contributed by atoms with Crippen molar-refractivity contribution in [3.63, 3.8) is 0 Å². The second-order valence-electron chi connectivity index (χ2n) is 6.08. The number of thioether (sulfide) groups is 1. The zero-order valence-corrected chi connectivity index (χ0v) is 18.1. The third-order valence-corrected chi connectivity index (χ3v) is 5.10. The number of hydrogen-bond acceptors (Lipinski definition) is 4. The Bertz CT molecular complexity index is 885. The first-order valence-corrected chi connectivity index (χ1v) is 11.0. The Kier molecular flexibility index (Phi) is 8.95. The maximum absolute atomic E-state index is 12.8. The van der Waals surface area contributed by atoms with Crippen LogP contribution in [0.1, 0.15) is 22.3 Å². The summed E-state index contributed by atoms with van der Waals surface area (Å²) in [6, 6.07) is 14.6. The maximum atomic E-state index is 12.8. The summed E-state index contributed by atoms with van der Waals surface area (Å²) in [4.78, 5) is 36.8. The highest BCUT2D eigenvalue weighted by Gasteiger charge is 2.22. The van der Waals surface area contributed by atoms with Gasteiger partial charge in [0, 0.05) is 10.0 Å². The Labute approximate surface area is 181 Å². The Balaban J connectivity index is 2.27. The maximum Gasteiger partial charge on any atom is 0.326 e. The average molecular weight is 477 g/mol. The van der Waals surface area contributed by atoms with E-state index >= 15 is 0 Å². The predicted molar refractivity (Wildman–Crippen MR) is 119 cm³/mol. The third kappa shape index (κ3) is 7.40. The molecule has 0 spiro atoms. The summed E-state index contributed by atoms with van der Waals surface area (Å²) in [6.45, 7) is 0. The summed E-state index contributed by atoms with van der Waals surface area (Å²) < 4.78 is 0.872. The lowest BCUT2D eigenvalue weighted by molar-refractivity contribution is -0.141. The van der Waals surface area contributed by atoms with Gasteiger partial charge in [0.15, 0.2) is 0 Å². The Morgan fingerprint density at radius 3 is 2.34 bits per heavy atom. The zero-order valence-electron chi connectivity index (χ0n) is 15.7. The van der Waals surface area contributed by atoms with Gasteiger partial charge in [0.25, 0.3) is 11.8 Å². The fraction of sp³-hybridized carbons (Fsp3) is 0.190. The van der Waals surface area contributed by atoms with Crippen LogP contribution in [-0.2, 0) is 9.59 Å². The van der Waals surface area contributed by atoms with Crippen LogP contribution in [0, 0.1) is 0 Å². The smallest absolute Gasteiger partial charge is 0.326 e. The van der Waals surface area contributed by atoms with E-state index in [1.165, 1.54) is 17.8 Å². The fourth-order valence-corrected chi connectivity index (χ4v) is 3.13. The topological polar surface area (TPSA) is 95.5 Å². The summed E-state index contributed by atoms with van der Waals surface area (Å²) in [6.07, 6.45) is 3.65. The standard InChI is InChI=1S/C21H21BrN2O4S/c1-29-12-11-17(21(27)28)23-20(26)18(13-14-7-9-16(22)10-8-14)24-19(25)15-5-3-2-4-6-15/h2-10,13,17H,11-12H2,1H3,(H,23,26)(H,24,25)(H,27,28). The van der Waals surface area contributed by atoms with Crippen molar-refractivity contribution in [2.24, 2.45) is 0 Å². The van der Waals surface area contributed by atoms with Gasteiger partial charge in [-0.2, -0.15) is 11.8 Å². The van der Waals surface area contributed by atoms with Gasteiger partial charge < -0.3 is 15.7 Å². The molecule has 0 aliphatic heterocycles. The molecule has 0 aliphatic carbocycles. The fourth-order valence-electron chi connectivity index (χ4n) is 2.40. The van der Waals surface area contributed by atoms with Crippen molar-refractivity contribution in [1.82, 2.24) is 10.6 Å². The molecule has 2 amide bonds. The molecule has 0 saturated heterocycles. The molecule has 6 nitrogen and oxygen atoms in total. The molecular formula is C21H21BrN2O4S. The Morgan fingerprint density at radius 2 is 1.76 bits per heavy atom. The molecule has 2 aromatic rings. The molecule has 1 atom stereocenters. The molecule has 2 rings (SSSR count). The molecule has 29 heavy (non-hydrogen) atoms. The summed E-state index contributed by atoms with van der Waals surface area (Å²) in [5.74, 6) is -1.66. The minimum Gasteiger partial charge on any atom is -0.480 e. The van der Waals surface area contributed by atoms with Crippen molar-refractivity contribution in [3.8, 4) is 0 Å². The molecule has 1 unspecified atom stereocenters. The summed E-state index contributed by atoms with van der Waals surface area (Å²) in [5.41, 5.74) is 1.04. The van der Waals surface area contributed by atoms with Gasteiger partial charge in [0.2, 0.25) is 0 Å². The van der Waals surface area contributed by atoms with Gasteiger partial charge in [-0.15, -0.1) is 0 Å². The van der Waals surface area contributed by atoms with Gasteiger partial charge >= 0.3 is 5.97 Å². The number of benzene rings is 2. The van der Waals surface area contributed by atoms with Crippen molar-refractivity contribution in [2.45, 2.75) is 12.5 Å². The van der Waals surface area contributed by atoms with E-state index in [0.717, 1.165) is 4.47 Å². The molecule has 0 aromatic heterocycles. The lowest BCUT2D eigenvalue weighted by Gasteiger charge is -2.16. The normalized spacial score (nSPS) is 12.1. The lowest BCUT2D eigenvalue weighted by Crippen LogP contribution is -2.44. The van der Waals surface area contributed by atoms with E-state index < -0.39 is 23.8 Å². The molecule has 0 aliphatic rings. The number of halogens is 1. The van der Waals surface area contributed by atoms with E-state index in [2.05, 4.69) is 26.6 Å². The number of hydrogen-bond donors (Lipinski definition) is 3. The van der Waals surface area contributed by atoms with Crippen LogP contribution in [-0.4, -0.2) is 40.9 Å². The monoisotopic (exact) mass is 476 g/mol. The molecule has 0 heterocycles. The van der Waals surface area contributed by atoms with Crippen molar-refractivity contribution < 1.29 is 19.5 Å². The second-order valence-corrected chi connectivity index (χ2v) is 7.98. The van der Waals surface area contributed by atoms with E-state index in [9.17, 15) is 19.5 Å². The summed E-state index contributed by atoms with van der Waals surface area (Å²) in [5, 5.41) is 14.5. The quantitative estimate of drug-likeness (QED) is 0.481. The number of rotatable bonds is 9. The molecule has 0 bridgehead atoms. The molecular weight excluding hydrogens is 456 g/mol. The second kappa shape index (κ2) is 11.4. The average Bonchev–Trinajstić information content (AvgIpc) is 2.72. The van der Waals surface area contributed by atoms with E-state index in [-0.39, 0.29) is 12.1 Å². The number of carboxylic acids is 1. The van der Waals surface area contributed by atoms with E-state index in [4.69, 9.17) is 0 Å². The Hall–Kier alpha value is -2.58. The van der Waals surface area contributed by atoms with Crippen molar-refractivity contribution in [3.05, 3.63) is 75.9 Å². The molecule has 0 radical (unpaired) electrons. The minimum absolute atomic E-state index is 0.0309. The first-order valence-electron chi connectivity index (χ1n) is 8.77. The van der Waals surface area contributed by atoms with Crippen LogP contribution in [0.15, 0.2) is 64.8 Å². The number of carboxylic acid groups (broad SMARTS) is 1. The number of carbonyl (C=O) groups is 3. The number of carbonyl (C=O) groups excluding carboxylic acids is 2. The lowest BCUT2D eigenvalue weighted by atomic mass is 10.1. The first-order chi connectivity index (χ1) is 13.9. The molecule has 8 heteroatoms. The van der Waals surface area contributed by atoms with Crippen LogP contribution in [0.25, 0.3) is 6.08 Å². The van der Waals surface area contributed by atoms with Gasteiger partial charge in [0.1, 0.15) is 11.7 Å². The van der Waals surface area contributed by atoms with Crippen LogP contribution >= 0.6 is 27.7 Å². The van der Waals surface area contributed by atoms with Gasteiger partial charge in [0.05, 0.1) is 0 Å². The number of amides is 2. The molecule has 3 N–H and O–H groups in total. The van der Waals surface area contributed by atoms with Crippen molar-refractivity contribution >= 4 is 51.6 Å². The molecule has 2 aromatic carbocycles. The van der Waals surface area contributed by atoms with Crippen molar-refractivity contribution in [1.29, 1.82) is 0 Å². The first kappa shape index (κ1) is 22.7. The van der Waals surface area contributed by atoms with Gasteiger partial charge in [-0.3, -0.25) is 9.59 Å². The highest BCUT2D eigenvalue weighted by Crippen LogP contribution is 2.13. The van der Waals surface area contributed by atoms with Crippen LogP contribution in [0.2, 0.25) is 0 Å². The molecule has 0 fully saturated rings. The third-order valence-electron chi connectivity index (χ3n) is 3.92. The van der Waals surface area contributed by atoms with E-state index in [1.807, 2.05) is 6.26 Å². The highest BCUT2D eigenvalue weighted by molar-refractivity contribution is 9.10. The van der Waals surface area contributed by atoms with Gasteiger partial charge in [-0.05, 0) is 54.3 Å². The Morgan fingerprint density at radius 1 is 1.10 bits per heavy atom. The van der Waals surface area contributed by atoms with Crippen molar-refractivity contribution in [2.75, 3.05) is 12.0 Å². The number of aliphatic carboxylic acids is 1. The summed E-state index contributed by atoms with van der Waals surface area (Å²) >= 11 is 4.84. The van der Waals surface area contributed by atoms with Gasteiger partial charge in [-0.1, -0.05) is 46.3 Å². The summed E-state index contributed by atoms with van der Waals surface area (Å²) in [7, 11) is 0.